The predicted octanol–water partition coefficient (Wildman–Crippen LogP) is 4.98. The number of hydrogen-bond acceptors (Lipinski definition) is 8. The van der Waals surface area contributed by atoms with E-state index in [1.165, 1.54) is 0 Å². The summed E-state index contributed by atoms with van der Waals surface area (Å²) in [6, 6.07) is 7.28. The zero-order valence-corrected chi connectivity index (χ0v) is 35.2. The van der Waals surface area contributed by atoms with Crippen LogP contribution in [0, 0.1) is 0 Å². The first-order valence-electron chi connectivity index (χ1n) is 16.4. The number of aryl methyl sites for hydroxylation is 2. The number of hydrogen-bond donors (Lipinski definition) is 0. The summed E-state index contributed by atoms with van der Waals surface area (Å²) in [6.45, 7) is 6.49. The molecule has 0 radical (unpaired) electrons. The molecule has 3 aromatic rings. The van der Waals surface area contributed by atoms with Crippen LogP contribution in [0.2, 0.25) is 20.1 Å². The third-order valence-electron chi connectivity index (χ3n) is 8.32. The van der Waals surface area contributed by atoms with Gasteiger partial charge in [0.25, 0.3) is 5.82 Å². The van der Waals surface area contributed by atoms with Crippen LogP contribution in [0.15, 0.2) is 42.2 Å². The monoisotopic (exact) mass is 816 g/mol. The number of imidazole rings is 1. The number of halogens is 4. The standard InChI is InChI=1S/C33H42Cl4N4O6S2.Na/c1-3-5-14-38-28-20-24(34)26(36)22-30(28)40(16-7-9-18-48(42,43)44)32(38)12-11-13-33-39(15-6-4-2)29-21-25(35)27(37)23-31(29)41(33)17-8-10-19-49(45,46)47;/h11-13,20-23H,3-10,14-19H2,1-2H3,(H-,42,43,44,45,46,47);/q;+1/p-1. The van der Waals surface area contributed by atoms with E-state index >= 15 is 0 Å². The zero-order valence-electron chi connectivity index (χ0n) is 28.5. The maximum Gasteiger partial charge on any atom is 1.00 e. The Morgan fingerprint density at radius 3 is 1.76 bits per heavy atom. The summed E-state index contributed by atoms with van der Waals surface area (Å²) in [6.07, 6.45) is 10.9. The van der Waals surface area contributed by atoms with E-state index in [9.17, 15) is 25.9 Å². The molecule has 0 aliphatic carbocycles. The van der Waals surface area contributed by atoms with Crippen LogP contribution in [0.3, 0.4) is 0 Å². The second kappa shape index (κ2) is 19.3. The van der Waals surface area contributed by atoms with Crippen molar-refractivity contribution in [2.75, 3.05) is 34.4 Å². The molecule has 0 atom stereocenters. The van der Waals surface area contributed by atoms with Gasteiger partial charge in [-0.05, 0) is 56.7 Å². The number of allylic oxidation sites excluding steroid dienone is 2. The van der Waals surface area contributed by atoms with Gasteiger partial charge in [-0.1, -0.05) is 79.2 Å². The molecule has 4 rings (SSSR count). The topological polar surface area (TPSA) is 130 Å². The summed E-state index contributed by atoms with van der Waals surface area (Å²) in [5, 5.41) is 1.62. The maximum atomic E-state index is 11.3. The van der Waals surface area contributed by atoms with Crippen LogP contribution in [-0.4, -0.2) is 55.1 Å². The normalized spacial score (nSPS) is 14.4. The first-order valence-corrected chi connectivity index (χ1v) is 21.0. The summed E-state index contributed by atoms with van der Waals surface area (Å²) >= 11 is 25.9. The molecule has 0 saturated carbocycles. The number of fused-ring (bicyclic) bond motifs is 2. The first kappa shape index (κ1) is 43.4. The van der Waals surface area contributed by atoms with Crippen molar-refractivity contribution in [3.8, 4) is 0 Å². The molecule has 0 spiro atoms. The van der Waals surface area contributed by atoms with Crippen molar-refractivity contribution in [3.63, 3.8) is 0 Å². The van der Waals surface area contributed by atoms with Gasteiger partial charge in [-0.15, -0.1) is 0 Å². The zero-order chi connectivity index (χ0) is 35.9. The van der Waals surface area contributed by atoms with Gasteiger partial charge in [0, 0.05) is 42.8 Å². The van der Waals surface area contributed by atoms with Gasteiger partial charge in [-0.25, -0.2) is 26.0 Å². The molecule has 0 saturated heterocycles. The van der Waals surface area contributed by atoms with Crippen molar-refractivity contribution < 1.29 is 60.1 Å². The fraction of sp³-hybridized carbons (Fsp3) is 0.485. The Kier molecular flexibility index (Phi) is 16.8. The second-order valence-electron chi connectivity index (χ2n) is 12.0. The van der Waals surface area contributed by atoms with E-state index in [0.717, 1.165) is 59.7 Å². The van der Waals surface area contributed by atoms with E-state index in [1.807, 2.05) is 30.4 Å². The molecule has 0 bridgehead atoms. The Morgan fingerprint density at radius 1 is 0.700 bits per heavy atom. The van der Waals surface area contributed by atoms with E-state index in [-0.39, 0.29) is 42.4 Å². The Morgan fingerprint density at radius 2 is 1.20 bits per heavy atom. The van der Waals surface area contributed by atoms with Crippen molar-refractivity contribution in [1.82, 2.24) is 4.57 Å². The van der Waals surface area contributed by atoms with Crippen molar-refractivity contribution in [1.29, 1.82) is 0 Å². The minimum absolute atomic E-state index is 0. The number of rotatable bonds is 18. The number of nitrogens with zero attached hydrogens (tertiary/aromatic N) is 4. The average Bonchev–Trinajstić information content (AvgIpc) is 3.44. The minimum atomic E-state index is -4.33. The molecule has 270 valence electrons. The molecular weight excluding hydrogens is 777 g/mol. The van der Waals surface area contributed by atoms with E-state index in [2.05, 4.69) is 32.8 Å². The van der Waals surface area contributed by atoms with Crippen LogP contribution < -0.4 is 43.9 Å². The predicted molar refractivity (Wildman–Crippen MR) is 198 cm³/mol. The van der Waals surface area contributed by atoms with E-state index in [0.29, 0.717) is 59.1 Å². The van der Waals surface area contributed by atoms with Crippen molar-refractivity contribution in [3.05, 3.63) is 68.2 Å². The molecule has 50 heavy (non-hydrogen) atoms. The van der Waals surface area contributed by atoms with E-state index in [1.54, 1.807) is 12.1 Å². The average molecular weight is 819 g/mol. The molecule has 1 aromatic heterocycles. The van der Waals surface area contributed by atoms with Crippen LogP contribution in [0.4, 0.5) is 11.4 Å². The molecule has 0 N–H and O–H groups in total. The fourth-order valence-electron chi connectivity index (χ4n) is 5.95. The summed E-state index contributed by atoms with van der Waals surface area (Å²) in [4.78, 5) is 4.23. The van der Waals surface area contributed by atoms with Gasteiger partial charge in [0.05, 0.1) is 64.8 Å². The number of unbranched alkanes of at least 4 members (excludes halogenated alkanes) is 4. The summed E-state index contributed by atoms with van der Waals surface area (Å²) < 4.78 is 71.9. The van der Waals surface area contributed by atoms with Crippen LogP contribution in [0.1, 0.15) is 71.0 Å². The molecule has 1 aliphatic heterocycles. The largest absolute Gasteiger partial charge is 1.00 e. The van der Waals surface area contributed by atoms with Crippen LogP contribution in [-0.2, 0) is 33.3 Å². The molecule has 2 aromatic carbocycles. The Bertz CT molecular complexity index is 1940. The van der Waals surface area contributed by atoms with Gasteiger partial charge in [-0.3, -0.25) is 0 Å². The third-order valence-corrected chi connectivity index (χ3v) is 11.3. The summed E-state index contributed by atoms with van der Waals surface area (Å²) in [7, 11) is -8.66. The fourth-order valence-corrected chi connectivity index (χ4v) is 7.70. The van der Waals surface area contributed by atoms with Crippen molar-refractivity contribution in [2.24, 2.45) is 0 Å². The van der Waals surface area contributed by atoms with Crippen molar-refractivity contribution in [2.45, 2.75) is 78.3 Å². The number of benzene rings is 2. The van der Waals surface area contributed by atoms with Gasteiger partial charge >= 0.3 is 29.6 Å². The Hall–Kier alpha value is -1.03. The Balaban J connectivity index is 0.00000676. The third kappa shape index (κ3) is 11.5. The summed E-state index contributed by atoms with van der Waals surface area (Å²) in [5.41, 5.74) is 3.42. The summed E-state index contributed by atoms with van der Waals surface area (Å²) in [5.74, 6) is 0.810. The molecule has 17 heteroatoms. The molecule has 2 heterocycles. The smallest absolute Gasteiger partial charge is 0.748 e. The SMILES string of the molecule is CCCCN1C(=CC=Cc2n(CCCC)c3cc(Cl)c(Cl)cc3[n+]2CCCCS(=O)(=O)[O-])N(CCCCS(=O)(=O)[O-])c2cc(Cl)c(Cl)cc21.[Na+]. The van der Waals surface area contributed by atoms with Gasteiger partial charge in [0.15, 0.2) is 11.0 Å². The van der Waals surface area contributed by atoms with Gasteiger partial charge in [0.2, 0.25) is 0 Å². The van der Waals surface area contributed by atoms with E-state index in [4.69, 9.17) is 46.4 Å². The second-order valence-corrected chi connectivity index (χ2v) is 16.7. The quantitative estimate of drug-likeness (QED) is 0.0762. The molecule has 0 amide bonds. The molecular formula is C33H41Cl4N4NaO6S2. The maximum absolute atomic E-state index is 11.3. The first-order chi connectivity index (χ1) is 23.1. The molecule has 1 aliphatic rings. The minimum Gasteiger partial charge on any atom is -0.748 e. The van der Waals surface area contributed by atoms with Gasteiger partial charge in [0.1, 0.15) is 5.82 Å². The molecule has 0 unspecified atom stereocenters. The van der Waals surface area contributed by atoms with Crippen LogP contribution in [0.25, 0.3) is 17.1 Å². The van der Waals surface area contributed by atoms with Crippen molar-refractivity contribution >= 4 is 95.1 Å². The molecule has 10 nitrogen and oxygen atoms in total. The molecule has 0 fully saturated rings. The van der Waals surface area contributed by atoms with Crippen LogP contribution >= 0.6 is 46.4 Å². The number of anilines is 2. The van der Waals surface area contributed by atoms with Crippen LogP contribution in [0.5, 0.6) is 0 Å². The van der Waals surface area contributed by atoms with Gasteiger partial charge in [-0.2, -0.15) is 0 Å². The Labute approximate surface area is 337 Å². The van der Waals surface area contributed by atoms with Gasteiger partial charge < -0.3 is 18.9 Å². The van der Waals surface area contributed by atoms with E-state index < -0.39 is 31.7 Å². The number of aromatic nitrogens is 2.